The lowest BCUT2D eigenvalue weighted by Gasteiger charge is -2.36. The maximum absolute atomic E-state index is 11.8. The average Bonchev–Trinajstić information content (AvgIpc) is 2.34. The van der Waals surface area contributed by atoms with Gasteiger partial charge in [-0.2, -0.15) is 0 Å². The third-order valence-electron chi connectivity index (χ3n) is 3.80. The first-order valence-corrected chi connectivity index (χ1v) is 7.14. The molecule has 0 aliphatic carbocycles. The van der Waals surface area contributed by atoms with Crippen molar-refractivity contribution in [2.24, 2.45) is 11.7 Å². The van der Waals surface area contributed by atoms with Gasteiger partial charge in [0.05, 0.1) is 6.04 Å². The summed E-state index contributed by atoms with van der Waals surface area (Å²) in [7, 11) is 0. The molecule has 110 valence electrons. The summed E-state index contributed by atoms with van der Waals surface area (Å²) in [5, 5.41) is 0. The lowest BCUT2D eigenvalue weighted by Crippen LogP contribution is -2.48. The minimum Gasteiger partial charge on any atom is -0.341 e. The zero-order valence-electron chi connectivity index (χ0n) is 12.6. The molecule has 5 nitrogen and oxygen atoms in total. The number of hydrogen-bond donors (Lipinski definition) is 1. The number of amides is 2. The Kier molecular flexibility index (Phi) is 5.79. The number of carbonyl (C=O) groups is 2. The quantitative estimate of drug-likeness (QED) is 0.822. The Morgan fingerprint density at radius 1 is 1.26 bits per heavy atom. The molecule has 1 unspecified atom stereocenters. The van der Waals surface area contributed by atoms with E-state index in [2.05, 4.69) is 0 Å². The van der Waals surface area contributed by atoms with Crippen molar-refractivity contribution >= 4 is 11.8 Å². The predicted molar refractivity (Wildman–Crippen MR) is 75.5 cm³/mol. The van der Waals surface area contributed by atoms with Crippen molar-refractivity contribution in [2.75, 3.05) is 19.6 Å². The van der Waals surface area contributed by atoms with E-state index >= 15 is 0 Å². The summed E-state index contributed by atoms with van der Waals surface area (Å²) in [4.78, 5) is 27.1. The molecule has 0 aromatic rings. The van der Waals surface area contributed by atoms with Crippen molar-refractivity contribution in [3.63, 3.8) is 0 Å². The maximum Gasteiger partial charge on any atom is 0.239 e. The Labute approximate surface area is 116 Å². The molecular formula is C14H27N3O2. The normalized spacial score (nSPS) is 18.5. The van der Waals surface area contributed by atoms with Crippen LogP contribution in [-0.2, 0) is 9.59 Å². The second-order valence-corrected chi connectivity index (χ2v) is 5.82. The Bertz CT molecular complexity index is 321. The molecular weight excluding hydrogens is 242 g/mol. The first kappa shape index (κ1) is 16.0. The summed E-state index contributed by atoms with van der Waals surface area (Å²) in [6.07, 6.45) is 1.91. The van der Waals surface area contributed by atoms with Crippen LogP contribution in [0.5, 0.6) is 0 Å². The molecule has 1 rings (SSSR count). The highest BCUT2D eigenvalue weighted by atomic mass is 16.2. The fourth-order valence-corrected chi connectivity index (χ4v) is 2.61. The number of nitrogens with zero attached hydrogens (tertiary/aromatic N) is 2. The molecule has 0 radical (unpaired) electrons. The number of rotatable bonds is 4. The molecule has 2 N–H and O–H groups in total. The largest absolute Gasteiger partial charge is 0.341 e. The summed E-state index contributed by atoms with van der Waals surface area (Å²) < 4.78 is 0. The topological polar surface area (TPSA) is 66.6 Å². The molecule has 1 saturated heterocycles. The van der Waals surface area contributed by atoms with Crippen molar-refractivity contribution in [1.29, 1.82) is 0 Å². The van der Waals surface area contributed by atoms with Gasteiger partial charge in [0.1, 0.15) is 0 Å². The van der Waals surface area contributed by atoms with Crippen LogP contribution in [0.15, 0.2) is 0 Å². The Morgan fingerprint density at radius 2 is 1.79 bits per heavy atom. The van der Waals surface area contributed by atoms with Gasteiger partial charge >= 0.3 is 0 Å². The van der Waals surface area contributed by atoms with Gasteiger partial charge in [-0.1, -0.05) is 0 Å². The maximum atomic E-state index is 11.8. The van der Waals surface area contributed by atoms with Gasteiger partial charge in [-0.3, -0.25) is 9.59 Å². The first-order valence-electron chi connectivity index (χ1n) is 7.14. The molecule has 1 aliphatic heterocycles. The van der Waals surface area contributed by atoms with Gasteiger partial charge in [0.25, 0.3) is 0 Å². The third kappa shape index (κ3) is 4.49. The average molecular weight is 269 g/mol. The fourth-order valence-electron chi connectivity index (χ4n) is 2.61. The van der Waals surface area contributed by atoms with Gasteiger partial charge in [0.15, 0.2) is 0 Å². The molecule has 0 aromatic carbocycles. The summed E-state index contributed by atoms with van der Waals surface area (Å²) in [6.45, 7) is 9.74. The summed E-state index contributed by atoms with van der Waals surface area (Å²) in [5.41, 5.74) is 5.62. The van der Waals surface area contributed by atoms with E-state index in [1.54, 1.807) is 13.8 Å². The van der Waals surface area contributed by atoms with Crippen LogP contribution in [0.3, 0.4) is 0 Å². The summed E-state index contributed by atoms with van der Waals surface area (Å²) in [6, 6.07) is -0.179. The van der Waals surface area contributed by atoms with E-state index in [-0.39, 0.29) is 17.9 Å². The molecule has 0 aromatic heterocycles. The lowest BCUT2D eigenvalue weighted by molar-refractivity contribution is -0.135. The van der Waals surface area contributed by atoms with Gasteiger partial charge in [0.2, 0.25) is 11.8 Å². The van der Waals surface area contributed by atoms with Crippen LogP contribution in [0.1, 0.15) is 40.5 Å². The van der Waals surface area contributed by atoms with Crippen LogP contribution < -0.4 is 5.73 Å². The van der Waals surface area contributed by atoms with Crippen LogP contribution >= 0.6 is 0 Å². The third-order valence-corrected chi connectivity index (χ3v) is 3.80. The summed E-state index contributed by atoms with van der Waals surface area (Å²) in [5.74, 6) is 0.651. The Morgan fingerprint density at radius 3 is 2.16 bits per heavy atom. The molecule has 1 fully saturated rings. The summed E-state index contributed by atoms with van der Waals surface area (Å²) >= 11 is 0. The van der Waals surface area contributed by atoms with Crippen LogP contribution in [0, 0.1) is 5.92 Å². The van der Waals surface area contributed by atoms with E-state index in [0.29, 0.717) is 5.92 Å². The second-order valence-electron chi connectivity index (χ2n) is 5.82. The minimum atomic E-state index is -0.416. The van der Waals surface area contributed by atoms with Crippen molar-refractivity contribution < 1.29 is 9.59 Å². The molecule has 2 amide bonds. The fraction of sp³-hybridized carbons (Fsp3) is 0.857. The molecule has 1 aliphatic rings. The Hall–Kier alpha value is -1.10. The standard InChI is InChI=1S/C14H27N3O2/c1-10(2)17(12(4)18)9-13-5-7-16(8-6-13)14(19)11(3)15/h10-11,13H,5-9,15H2,1-4H3. The molecule has 5 heteroatoms. The van der Waals surface area contributed by atoms with E-state index in [1.165, 1.54) is 0 Å². The minimum absolute atomic E-state index is 0.0331. The predicted octanol–water partition coefficient (Wildman–Crippen LogP) is 0.829. The molecule has 0 spiro atoms. The van der Waals surface area contributed by atoms with Crippen molar-refractivity contribution in [1.82, 2.24) is 9.80 Å². The highest BCUT2D eigenvalue weighted by molar-refractivity contribution is 5.81. The highest BCUT2D eigenvalue weighted by Crippen LogP contribution is 2.20. The van der Waals surface area contributed by atoms with E-state index < -0.39 is 6.04 Å². The van der Waals surface area contributed by atoms with E-state index in [1.807, 2.05) is 23.6 Å². The van der Waals surface area contributed by atoms with Gasteiger partial charge in [-0.25, -0.2) is 0 Å². The number of likely N-dealkylation sites (tertiary alicyclic amines) is 1. The smallest absolute Gasteiger partial charge is 0.239 e. The van der Waals surface area contributed by atoms with Gasteiger partial charge < -0.3 is 15.5 Å². The van der Waals surface area contributed by atoms with Crippen LogP contribution in [0.2, 0.25) is 0 Å². The molecule has 1 atom stereocenters. The monoisotopic (exact) mass is 269 g/mol. The highest BCUT2D eigenvalue weighted by Gasteiger charge is 2.26. The number of hydrogen-bond acceptors (Lipinski definition) is 3. The molecule has 1 heterocycles. The number of piperidine rings is 1. The van der Waals surface area contributed by atoms with E-state index in [9.17, 15) is 9.59 Å². The van der Waals surface area contributed by atoms with Gasteiger partial charge in [-0.05, 0) is 39.5 Å². The van der Waals surface area contributed by atoms with Crippen LogP contribution in [-0.4, -0.2) is 53.3 Å². The number of nitrogens with two attached hydrogens (primary N) is 1. The molecule has 19 heavy (non-hydrogen) atoms. The van der Waals surface area contributed by atoms with Gasteiger partial charge in [-0.15, -0.1) is 0 Å². The number of carbonyl (C=O) groups excluding carboxylic acids is 2. The Balaban J connectivity index is 2.46. The lowest BCUT2D eigenvalue weighted by atomic mass is 9.95. The first-order chi connectivity index (χ1) is 8.82. The SMILES string of the molecule is CC(=O)N(CC1CCN(C(=O)C(C)N)CC1)C(C)C. The van der Waals surface area contributed by atoms with Crippen molar-refractivity contribution in [3.8, 4) is 0 Å². The molecule has 0 bridgehead atoms. The van der Waals surface area contributed by atoms with Crippen molar-refractivity contribution in [2.45, 2.75) is 52.6 Å². The van der Waals surface area contributed by atoms with Crippen LogP contribution in [0.4, 0.5) is 0 Å². The zero-order valence-corrected chi connectivity index (χ0v) is 12.6. The second kappa shape index (κ2) is 6.89. The van der Waals surface area contributed by atoms with E-state index in [0.717, 1.165) is 32.5 Å². The van der Waals surface area contributed by atoms with Gasteiger partial charge in [0, 0.05) is 32.6 Å². The van der Waals surface area contributed by atoms with E-state index in [4.69, 9.17) is 5.73 Å². The van der Waals surface area contributed by atoms with Crippen LogP contribution in [0.25, 0.3) is 0 Å². The zero-order chi connectivity index (χ0) is 14.6. The molecule has 0 saturated carbocycles. The van der Waals surface area contributed by atoms with Crippen molar-refractivity contribution in [3.05, 3.63) is 0 Å².